The largest absolute Gasteiger partial charge is 0.384 e. The maximum atomic E-state index is 11.5. The van der Waals surface area contributed by atoms with Gasteiger partial charge in [0.25, 0.3) is 5.69 Å². The molecule has 1 unspecified atom stereocenters. The van der Waals surface area contributed by atoms with E-state index in [1.54, 1.807) is 6.07 Å². The quantitative estimate of drug-likeness (QED) is 0.566. The van der Waals surface area contributed by atoms with Crippen LogP contribution in [0.4, 0.5) is 5.69 Å². The minimum Gasteiger partial charge on any atom is -0.384 e. The lowest BCUT2D eigenvalue weighted by atomic mass is 9.93. The monoisotopic (exact) mass is 303 g/mol. The summed E-state index contributed by atoms with van der Waals surface area (Å²) in [7, 11) is 0. The number of rotatable bonds is 2. The molecule has 0 saturated heterocycles. The molecule has 3 aromatic rings. The summed E-state index contributed by atoms with van der Waals surface area (Å²) in [6.45, 7) is 0. The predicted molar refractivity (Wildman–Crippen MR) is 88.0 cm³/mol. The minimum atomic E-state index is -0.851. The standard InChI is InChI=1S/C19H13NO3/c21-19-15-9-5-4-8-13(15)14-10-11-16(20(22)23)17(18(14)19)12-6-2-1-3-7-12/h1-11,19,21H. The van der Waals surface area contributed by atoms with Gasteiger partial charge < -0.3 is 5.11 Å². The van der Waals surface area contributed by atoms with E-state index in [-0.39, 0.29) is 5.69 Å². The van der Waals surface area contributed by atoms with Crippen molar-refractivity contribution in [3.63, 3.8) is 0 Å². The zero-order valence-electron chi connectivity index (χ0n) is 12.1. The van der Waals surface area contributed by atoms with Crippen molar-refractivity contribution in [2.45, 2.75) is 6.10 Å². The molecule has 0 radical (unpaired) electrons. The lowest BCUT2D eigenvalue weighted by Crippen LogP contribution is -2.01. The van der Waals surface area contributed by atoms with Crippen LogP contribution in [0.15, 0.2) is 66.7 Å². The van der Waals surface area contributed by atoms with E-state index < -0.39 is 11.0 Å². The van der Waals surface area contributed by atoms with Crippen LogP contribution in [0.25, 0.3) is 22.3 Å². The SMILES string of the molecule is O=[N+]([O-])c1ccc2c(c1-c1ccccc1)C(O)c1ccccc1-2. The van der Waals surface area contributed by atoms with Gasteiger partial charge in [0.2, 0.25) is 0 Å². The second-order valence-corrected chi connectivity index (χ2v) is 5.53. The molecule has 0 spiro atoms. The highest BCUT2D eigenvalue weighted by Gasteiger charge is 2.33. The van der Waals surface area contributed by atoms with Crippen LogP contribution in [-0.4, -0.2) is 10.0 Å². The van der Waals surface area contributed by atoms with Gasteiger partial charge in [-0.2, -0.15) is 0 Å². The molecule has 0 bridgehead atoms. The van der Waals surface area contributed by atoms with Crippen LogP contribution in [-0.2, 0) is 0 Å². The zero-order chi connectivity index (χ0) is 16.0. The van der Waals surface area contributed by atoms with Crippen molar-refractivity contribution < 1.29 is 10.0 Å². The molecule has 1 N–H and O–H groups in total. The van der Waals surface area contributed by atoms with E-state index >= 15 is 0 Å². The minimum absolute atomic E-state index is 0.0156. The molecule has 0 aromatic heterocycles. The van der Waals surface area contributed by atoms with Crippen molar-refractivity contribution >= 4 is 5.69 Å². The number of hydrogen-bond donors (Lipinski definition) is 1. The average Bonchev–Trinajstić information content (AvgIpc) is 2.88. The summed E-state index contributed by atoms with van der Waals surface area (Å²) >= 11 is 0. The molecule has 0 amide bonds. The highest BCUT2D eigenvalue weighted by atomic mass is 16.6. The molecule has 4 heteroatoms. The number of benzene rings is 3. The van der Waals surface area contributed by atoms with Gasteiger partial charge in [-0.25, -0.2) is 0 Å². The van der Waals surface area contributed by atoms with E-state index in [0.29, 0.717) is 11.1 Å². The Kier molecular flexibility index (Phi) is 2.99. The van der Waals surface area contributed by atoms with Crippen molar-refractivity contribution in [3.05, 3.63) is 88.0 Å². The molecule has 0 aliphatic heterocycles. The Labute approximate surface area is 132 Å². The number of fused-ring (bicyclic) bond motifs is 3. The molecule has 0 heterocycles. The summed E-state index contributed by atoms with van der Waals surface area (Å²) < 4.78 is 0. The second kappa shape index (κ2) is 5.04. The van der Waals surface area contributed by atoms with Crippen molar-refractivity contribution in [1.82, 2.24) is 0 Å². The Morgan fingerprint density at radius 1 is 0.870 bits per heavy atom. The van der Waals surface area contributed by atoms with Crippen LogP contribution < -0.4 is 0 Å². The lowest BCUT2D eigenvalue weighted by molar-refractivity contribution is -0.384. The first-order valence-electron chi connectivity index (χ1n) is 7.32. The smallest absolute Gasteiger partial charge is 0.277 e. The second-order valence-electron chi connectivity index (χ2n) is 5.53. The van der Waals surface area contributed by atoms with E-state index in [0.717, 1.165) is 22.3 Å². The van der Waals surface area contributed by atoms with Crippen LogP contribution >= 0.6 is 0 Å². The summed E-state index contributed by atoms with van der Waals surface area (Å²) in [5.74, 6) is 0. The fraction of sp³-hybridized carbons (Fsp3) is 0.0526. The third-order valence-electron chi connectivity index (χ3n) is 4.30. The molecular formula is C19H13NO3. The zero-order valence-corrected chi connectivity index (χ0v) is 12.1. The fourth-order valence-corrected chi connectivity index (χ4v) is 3.32. The Balaban J connectivity index is 2.08. The summed E-state index contributed by atoms with van der Waals surface area (Å²) in [6, 6.07) is 20.0. The van der Waals surface area contributed by atoms with Gasteiger partial charge >= 0.3 is 0 Å². The number of nitro groups is 1. The molecule has 112 valence electrons. The Morgan fingerprint density at radius 3 is 2.30 bits per heavy atom. The molecule has 0 saturated carbocycles. The summed E-state index contributed by atoms with van der Waals surface area (Å²) in [4.78, 5) is 11.1. The lowest BCUT2D eigenvalue weighted by Gasteiger charge is -2.13. The van der Waals surface area contributed by atoms with Crippen molar-refractivity contribution in [3.8, 4) is 22.3 Å². The number of aliphatic hydroxyl groups is 1. The van der Waals surface area contributed by atoms with E-state index in [4.69, 9.17) is 0 Å². The molecule has 1 aliphatic rings. The van der Waals surface area contributed by atoms with E-state index in [1.165, 1.54) is 6.07 Å². The molecule has 1 aliphatic carbocycles. The normalized spacial score (nSPS) is 15.1. The molecule has 0 fully saturated rings. The predicted octanol–water partition coefficient (Wildman–Crippen LogP) is 4.32. The molecule has 4 rings (SSSR count). The van der Waals surface area contributed by atoms with E-state index in [2.05, 4.69) is 0 Å². The average molecular weight is 303 g/mol. The van der Waals surface area contributed by atoms with Gasteiger partial charge in [0.05, 0.1) is 10.5 Å². The highest BCUT2D eigenvalue weighted by molar-refractivity contribution is 5.90. The van der Waals surface area contributed by atoms with Gasteiger partial charge in [0.1, 0.15) is 6.10 Å². The number of nitrogens with zero attached hydrogens (tertiary/aromatic N) is 1. The first-order valence-corrected chi connectivity index (χ1v) is 7.32. The van der Waals surface area contributed by atoms with Crippen LogP contribution in [0.1, 0.15) is 17.2 Å². The molecular weight excluding hydrogens is 290 g/mol. The van der Waals surface area contributed by atoms with Crippen molar-refractivity contribution in [2.75, 3.05) is 0 Å². The van der Waals surface area contributed by atoms with Gasteiger partial charge in [-0.1, -0.05) is 54.6 Å². The van der Waals surface area contributed by atoms with Crippen LogP contribution in [0.2, 0.25) is 0 Å². The van der Waals surface area contributed by atoms with Gasteiger partial charge in [0, 0.05) is 11.6 Å². The highest BCUT2D eigenvalue weighted by Crippen LogP contribution is 2.50. The summed E-state index contributed by atoms with van der Waals surface area (Å²) in [5.41, 5.74) is 4.45. The van der Waals surface area contributed by atoms with Crippen molar-refractivity contribution in [1.29, 1.82) is 0 Å². The fourth-order valence-electron chi connectivity index (χ4n) is 3.32. The number of hydrogen-bond acceptors (Lipinski definition) is 3. The Morgan fingerprint density at radius 2 is 1.57 bits per heavy atom. The van der Waals surface area contributed by atoms with Crippen molar-refractivity contribution in [2.24, 2.45) is 0 Å². The Bertz CT molecular complexity index is 919. The van der Waals surface area contributed by atoms with Gasteiger partial charge in [-0.05, 0) is 28.3 Å². The van der Waals surface area contributed by atoms with Crippen LogP contribution in [0.3, 0.4) is 0 Å². The van der Waals surface area contributed by atoms with Gasteiger partial charge in [-0.15, -0.1) is 0 Å². The van der Waals surface area contributed by atoms with E-state index in [9.17, 15) is 15.2 Å². The van der Waals surface area contributed by atoms with Crippen LogP contribution in [0, 0.1) is 10.1 Å². The summed E-state index contributed by atoms with van der Waals surface area (Å²) in [6.07, 6.45) is -0.851. The van der Waals surface area contributed by atoms with Gasteiger partial charge in [-0.3, -0.25) is 10.1 Å². The first-order chi connectivity index (χ1) is 11.2. The van der Waals surface area contributed by atoms with Gasteiger partial charge in [0.15, 0.2) is 0 Å². The topological polar surface area (TPSA) is 63.4 Å². The third-order valence-corrected chi connectivity index (χ3v) is 4.30. The summed E-state index contributed by atoms with van der Waals surface area (Å²) in [5, 5.41) is 22.3. The number of nitro benzene ring substituents is 1. The molecule has 4 nitrogen and oxygen atoms in total. The maximum absolute atomic E-state index is 11.5. The Hall–Kier alpha value is -2.98. The number of aliphatic hydroxyl groups excluding tert-OH is 1. The first kappa shape index (κ1) is 13.7. The molecule has 1 atom stereocenters. The van der Waals surface area contributed by atoms with E-state index in [1.807, 2.05) is 54.6 Å². The molecule has 3 aromatic carbocycles. The maximum Gasteiger partial charge on any atom is 0.277 e. The third kappa shape index (κ3) is 1.96. The molecule has 23 heavy (non-hydrogen) atoms. The van der Waals surface area contributed by atoms with Crippen LogP contribution in [0.5, 0.6) is 0 Å².